The summed E-state index contributed by atoms with van der Waals surface area (Å²) < 4.78 is 69.2. The fourth-order valence-electron chi connectivity index (χ4n) is 4.83. The largest absolute Gasteiger partial charge is 0.507 e. The van der Waals surface area contributed by atoms with Gasteiger partial charge < -0.3 is 5.11 Å². The van der Waals surface area contributed by atoms with E-state index in [1.165, 1.54) is 23.1 Å². The Morgan fingerprint density at radius 1 is 1.19 bits per heavy atom. The van der Waals surface area contributed by atoms with Crippen molar-refractivity contribution in [3.8, 4) is 5.75 Å². The number of phenols is 1. The first-order valence-electron chi connectivity index (χ1n) is 10.9. The van der Waals surface area contributed by atoms with Crippen molar-refractivity contribution in [1.29, 1.82) is 0 Å². The number of fused-ring (bicyclic) bond motifs is 3. The molecule has 5 rings (SSSR count). The number of aromatic nitrogens is 1. The molecule has 2 unspecified atom stereocenters. The standard InChI is InChI=1S/C22H21ClN2O7S4/c1-13-9-19-15(11-17(13)26)24(6-2-8-35(27,28)29)20(33-19)12-21-25(7-5-22(25)36(30,31)32)16-10-14(23)3-4-18(16)34-21/h3-4,9-12,22H,2,5-8H2,1H3,(H-2,26,27,28,29,30,31,32)/p+2. The van der Waals surface area contributed by atoms with E-state index < -0.39 is 31.4 Å². The lowest BCUT2D eigenvalue weighted by Crippen LogP contribution is -2.66. The number of rotatable bonds is 6. The third-order valence-corrected chi connectivity index (χ3v) is 11.2. The molecule has 0 saturated carbocycles. The average molecular weight is 591 g/mol. The molecular formula is C22H23ClN2O7S4+2. The number of aromatic hydroxyl groups is 1. The van der Waals surface area contributed by atoms with Crippen molar-refractivity contribution in [2.45, 2.75) is 36.6 Å². The zero-order valence-electron chi connectivity index (χ0n) is 19.0. The summed E-state index contributed by atoms with van der Waals surface area (Å²) in [7, 11) is -8.52. The predicted octanol–water partition coefficient (Wildman–Crippen LogP) is 4.16. The van der Waals surface area contributed by atoms with Gasteiger partial charge in [-0.3, -0.25) is 9.11 Å². The van der Waals surface area contributed by atoms with Crippen LogP contribution in [0.5, 0.6) is 5.75 Å². The van der Waals surface area contributed by atoms with Gasteiger partial charge in [-0.15, -0.1) is 0 Å². The molecule has 1 fully saturated rings. The molecule has 0 radical (unpaired) electrons. The van der Waals surface area contributed by atoms with Gasteiger partial charge in [-0.2, -0.15) is 21.4 Å². The molecule has 3 heterocycles. The smallest absolute Gasteiger partial charge is 0.320 e. The van der Waals surface area contributed by atoms with E-state index in [0.29, 0.717) is 38.4 Å². The van der Waals surface area contributed by atoms with Crippen LogP contribution in [0.1, 0.15) is 23.4 Å². The van der Waals surface area contributed by atoms with E-state index in [0.717, 1.165) is 9.60 Å². The molecule has 0 bridgehead atoms. The summed E-state index contributed by atoms with van der Waals surface area (Å²) in [5.74, 6) is -0.327. The van der Waals surface area contributed by atoms with Crippen molar-refractivity contribution in [2.75, 3.05) is 12.3 Å². The molecule has 3 aromatic rings. The minimum Gasteiger partial charge on any atom is -0.507 e. The maximum atomic E-state index is 12.3. The van der Waals surface area contributed by atoms with Crippen molar-refractivity contribution in [3.63, 3.8) is 0 Å². The lowest BCUT2D eigenvalue weighted by Gasteiger charge is -2.47. The molecule has 2 atom stereocenters. The molecule has 2 aliphatic heterocycles. The fourth-order valence-corrected chi connectivity index (χ4v) is 9.37. The highest BCUT2D eigenvalue weighted by molar-refractivity contribution is 8.03. The number of quaternary nitrogens is 1. The number of phenolic OH excluding ortho intramolecular Hbond substituents is 1. The van der Waals surface area contributed by atoms with Crippen LogP contribution < -0.4 is 9.05 Å². The summed E-state index contributed by atoms with van der Waals surface area (Å²) in [4.78, 5) is 0.839. The topological polar surface area (TPSA) is 133 Å². The number of thiazole rings is 1. The number of benzene rings is 2. The number of halogens is 1. The molecule has 36 heavy (non-hydrogen) atoms. The highest BCUT2D eigenvalue weighted by Gasteiger charge is 2.62. The third-order valence-electron chi connectivity index (χ3n) is 6.60. The number of aryl methyl sites for hydroxylation is 2. The Balaban J connectivity index is 1.68. The lowest BCUT2D eigenvalue weighted by atomic mass is 10.1. The van der Waals surface area contributed by atoms with Crippen LogP contribution in [0.2, 0.25) is 5.02 Å². The van der Waals surface area contributed by atoms with Gasteiger partial charge in [0.2, 0.25) is 10.9 Å². The third kappa shape index (κ3) is 4.45. The molecule has 1 saturated heterocycles. The van der Waals surface area contributed by atoms with Gasteiger partial charge in [0.15, 0.2) is 17.3 Å². The summed E-state index contributed by atoms with van der Waals surface area (Å²) in [6, 6.07) is 8.74. The van der Waals surface area contributed by atoms with Crippen molar-refractivity contribution >= 4 is 76.9 Å². The fraction of sp³-hybridized carbons (Fsp3) is 0.318. The van der Waals surface area contributed by atoms with Crippen LogP contribution in [0.15, 0.2) is 40.3 Å². The Kier molecular flexibility index (Phi) is 6.44. The van der Waals surface area contributed by atoms with Gasteiger partial charge in [-0.05, 0) is 42.4 Å². The SMILES string of the molecule is Cc1cc2sc(C=C3Sc4ccc(Cl)cc4[N+]34CCC4S(=O)(=O)O)[n+](CCCS(=O)(=O)O)c2cc1O. The highest BCUT2D eigenvalue weighted by Crippen LogP contribution is 2.58. The number of thioether (sulfide) groups is 1. The van der Waals surface area contributed by atoms with Crippen molar-refractivity contribution in [3.05, 3.63) is 51.0 Å². The summed E-state index contributed by atoms with van der Waals surface area (Å²) in [6.45, 7) is 2.48. The van der Waals surface area contributed by atoms with Crippen LogP contribution >= 0.6 is 34.7 Å². The molecule has 0 amide bonds. The molecule has 1 aromatic heterocycles. The number of nitrogens with zero attached hydrogens (tertiary/aromatic N) is 2. The first-order valence-corrected chi connectivity index (χ1v) is 16.1. The minimum atomic E-state index is -4.37. The van der Waals surface area contributed by atoms with Gasteiger partial charge in [0.1, 0.15) is 10.4 Å². The van der Waals surface area contributed by atoms with E-state index in [4.69, 9.17) is 11.6 Å². The first kappa shape index (κ1) is 25.9. The Bertz CT molecular complexity index is 1650. The molecular weight excluding hydrogens is 568 g/mol. The molecule has 3 N–H and O–H groups in total. The van der Waals surface area contributed by atoms with Gasteiger partial charge in [0, 0.05) is 17.5 Å². The molecule has 192 valence electrons. The second kappa shape index (κ2) is 8.95. The van der Waals surface area contributed by atoms with Gasteiger partial charge in [0.05, 0.1) is 35.8 Å². The lowest BCUT2D eigenvalue weighted by molar-refractivity contribution is -0.668. The van der Waals surface area contributed by atoms with Gasteiger partial charge in [-0.25, -0.2) is 4.48 Å². The van der Waals surface area contributed by atoms with Crippen molar-refractivity contribution in [1.82, 2.24) is 4.48 Å². The summed E-state index contributed by atoms with van der Waals surface area (Å²) in [5.41, 5.74) is 2.08. The van der Waals surface area contributed by atoms with E-state index in [9.17, 15) is 31.0 Å². The zero-order chi connectivity index (χ0) is 26.0. The molecule has 9 nitrogen and oxygen atoms in total. The zero-order valence-corrected chi connectivity index (χ0v) is 23.0. The van der Waals surface area contributed by atoms with Gasteiger partial charge in [0.25, 0.3) is 15.1 Å². The van der Waals surface area contributed by atoms with Gasteiger partial charge >= 0.3 is 10.1 Å². The average Bonchev–Trinajstić information content (AvgIpc) is 3.21. The predicted molar refractivity (Wildman–Crippen MR) is 141 cm³/mol. The van der Waals surface area contributed by atoms with E-state index in [2.05, 4.69) is 0 Å². The van der Waals surface area contributed by atoms with Crippen LogP contribution in [0, 0.1) is 6.92 Å². The summed E-state index contributed by atoms with van der Waals surface area (Å²) in [6.07, 6.45) is 2.29. The summed E-state index contributed by atoms with van der Waals surface area (Å²) >= 11 is 9.08. The van der Waals surface area contributed by atoms with Crippen LogP contribution in [-0.2, 0) is 26.8 Å². The number of hydrogen-bond acceptors (Lipinski definition) is 7. The minimum absolute atomic E-state index is 0.0665. The van der Waals surface area contributed by atoms with Crippen molar-refractivity contribution in [2.24, 2.45) is 0 Å². The monoisotopic (exact) mass is 590 g/mol. The van der Waals surface area contributed by atoms with E-state index in [1.807, 2.05) is 22.8 Å². The van der Waals surface area contributed by atoms with E-state index >= 15 is 0 Å². The maximum Gasteiger partial charge on any atom is 0.320 e. The Labute approximate surface area is 221 Å². The Hall–Kier alpha value is -1.71. The van der Waals surface area contributed by atoms with Gasteiger partial charge in [-0.1, -0.05) is 22.9 Å². The molecule has 14 heteroatoms. The second-order valence-corrected chi connectivity index (χ2v) is 14.6. The first-order chi connectivity index (χ1) is 16.8. The van der Waals surface area contributed by atoms with Crippen molar-refractivity contribution < 1.29 is 35.6 Å². The summed E-state index contributed by atoms with van der Waals surface area (Å²) in [5, 5.41) is 11.1. The van der Waals surface area contributed by atoms with E-state index in [1.54, 1.807) is 25.1 Å². The highest BCUT2D eigenvalue weighted by atomic mass is 35.5. The molecule has 1 spiro atoms. The molecule has 2 aromatic carbocycles. The Morgan fingerprint density at radius 3 is 2.58 bits per heavy atom. The van der Waals surface area contributed by atoms with E-state index in [-0.39, 0.29) is 29.6 Å². The van der Waals surface area contributed by atoms with Crippen LogP contribution in [-0.4, -0.2) is 48.7 Å². The van der Waals surface area contributed by atoms with Crippen LogP contribution in [0.4, 0.5) is 5.69 Å². The normalized spacial score (nSPS) is 22.9. The second-order valence-electron chi connectivity index (χ2n) is 8.89. The van der Waals surface area contributed by atoms with Crippen LogP contribution in [0.3, 0.4) is 0 Å². The number of hydrogen-bond donors (Lipinski definition) is 3. The Morgan fingerprint density at radius 2 is 1.94 bits per heavy atom. The molecule has 2 aliphatic rings. The quantitative estimate of drug-likeness (QED) is 0.221. The molecule has 0 aliphatic carbocycles. The maximum absolute atomic E-state index is 12.3. The van der Waals surface area contributed by atoms with Crippen LogP contribution in [0.25, 0.3) is 16.3 Å².